The molecule has 1 aromatic rings. The molecular weight excluding hydrogens is 294 g/mol. The van der Waals surface area contributed by atoms with Gasteiger partial charge in [-0.1, -0.05) is 19.8 Å². The van der Waals surface area contributed by atoms with Gasteiger partial charge in [-0.25, -0.2) is 0 Å². The Bertz CT molecular complexity index is 570. The minimum absolute atomic E-state index is 0.0427. The molecule has 0 aromatic heterocycles. The van der Waals surface area contributed by atoms with Gasteiger partial charge in [-0.15, -0.1) is 0 Å². The van der Waals surface area contributed by atoms with Crippen molar-refractivity contribution in [1.82, 2.24) is 5.32 Å². The highest BCUT2D eigenvalue weighted by Crippen LogP contribution is 2.28. The highest BCUT2D eigenvalue weighted by molar-refractivity contribution is 5.94. The van der Waals surface area contributed by atoms with Crippen LogP contribution in [0, 0.1) is 5.92 Å². The second-order valence-electron chi connectivity index (χ2n) is 6.15. The molecule has 1 aliphatic carbocycles. The fourth-order valence-electron chi connectivity index (χ4n) is 2.93. The van der Waals surface area contributed by atoms with Crippen molar-refractivity contribution in [3.8, 4) is 11.5 Å². The van der Waals surface area contributed by atoms with Crippen LogP contribution in [0.3, 0.4) is 0 Å². The Hall–Kier alpha value is -2.04. The van der Waals surface area contributed by atoms with Crippen LogP contribution in [0.1, 0.15) is 49.9 Å². The molecule has 126 valence electrons. The summed E-state index contributed by atoms with van der Waals surface area (Å²) in [6, 6.07) is 5.19. The number of methoxy groups -OCH3 is 1. The van der Waals surface area contributed by atoms with Crippen LogP contribution in [0.5, 0.6) is 11.5 Å². The highest BCUT2D eigenvalue weighted by Gasteiger charge is 2.23. The SMILES string of the molecule is COc1cc(C(C)=O)ccc1OCC(=O)NC1CCCCC1C. The summed E-state index contributed by atoms with van der Waals surface area (Å²) in [5.41, 5.74) is 0.551. The van der Waals surface area contributed by atoms with E-state index in [0.717, 1.165) is 19.3 Å². The van der Waals surface area contributed by atoms with Crippen LogP contribution < -0.4 is 14.8 Å². The second kappa shape index (κ2) is 7.99. The molecule has 0 radical (unpaired) electrons. The standard InChI is InChI=1S/C18H25NO4/c1-12-6-4-5-7-15(12)19-18(21)11-23-16-9-8-14(13(2)20)10-17(16)22-3/h8-10,12,15H,4-7,11H2,1-3H3,(H,19,21). The number of Topliss-reactive ketones (excluding diaryl/α,β-unsaturated/α-hetero) is 1. The molecule has 0 saturated heterocycles. The van der Waals surface area contributed by atoms with Crippen LogP contribution in [-0.2, 0) is 4.79 Å². The van der Waals surface area contributed by atoms with E-state index in [1.807, 2.05) is 0 Å². The molecule has 0 bridgehead atoms. The Balaban J connectivity index is 1.92. The summed E-state index contributed by atoms with van der Waals surface area (Å²) in [5.74, 6) is 1.26. The van der Waals surface area contributed by atoms with Crippen LogP contribution in [0.2, 0.25) is 0 Å². The van der Waals surface area contributed by atoms with Gasteiger partial charge in [0.05, 0.1) is 7.11 Å². The predicted molar refractivity (Wildman–Crippen MR) is 88.1 cm³/mol. The summed E-state index contributed by atoms with van der Waals surface area (Å²) in [6.45, 7) is 3.61. The van der Waals surface area contributed by atoms with Crippen molar-refractivity contribution >= 4 is 11.7 Å². The first kappa shape index (κ1) is 17.3. The fourth-order valence-corrected chi connectivity index (χ4v) is 2.93. The number of carbonyl (C=O) groups excluding carboxylic acids is 2. The molecule has 5 nitrogen and oxygen atoms in total. The van der Waals surface area contributed by atoms with Crippen LogP contribution in [0.15, 0.2) is 18.2 Å². The molecule has 0 spiro atoms. The first-order valence-corrected chi connectivity index (χ1v) is 8.12. The molecule has 1 aromatic carbocycles. The molecule has 0 aliphatic heterocycles. The highest BCUT2D eigenvalue weighted by atomic mass is 16.5. The Labute approximate surface area is 137 Å². The fraction of sp³-hybridized carbons (Fsp3) is 0.556. The van der Waals surface area contributed by atoms with E-state index in [9.17, 15) is 9.59 Å². The van der Waals surface area contributed by atoms with E-state index in [-0.39, 0.29) is 24.3 Å². The third-order valence-electron chi connectivity index (χ3n) is 4.39. The summed E-state index contributed by atoms with van der Waals surface area (Å²) in [7, 11) is 1.51. The largest absolute Gasteiger partial charge is 0.493 e. The molecule has 2 rings (SSSR count). The number of nitrogens with one attached hydrogen (secondary N) is 1. The van der Waals surface area contributed by atoms with Crippen LogP contribution >= 0.6 is 0 Å². The van der Waals surface area contributed by atoms with E-state index in [1.165, 1.54) is 20.5 Å². The van der Waals surface area contributed by atoms with Crippen LogP contribution in [-0.4, -0.2) is 31.4 Å². The summed E-state index contributed by atoms with van der Waals surface area (Å²) in [5, 5.41) is 3.05. The molecule has 1 N–H and O–H groups in total. The van der Waals surface area contributed by atoms with Gasteiger partial charge in [0.25, 0.3) is 5.91 Å². The summed E-state index contributed by atoms with van der Waals surface area (Å²) < 4.78 is 10.8. The number of carbonyl (C=O) groups is 2. The summed E-state index contributed by atoms with van der Waals surface area (Å²) >= 11 is 0. The van der Waals surface area contributed by atoms with Crippen molar-refractivity contribution in [3.63, 3.8) is 0 Å². The Morgan fingerprint density at radius 1 is 1.22 bits per heavy atom. The molecule has 1 fully saturated rings. The monoisotopic (exact) mass is 319 g/mol. The van der Waals surface area contributed by atoms with Gasteiger partial charge in [0.1, 0.15) is 0 Å². The number of ketones is 1. The van der Waals surface area contributed by atoms with E-state index in [1.54, 1.807) is 18.2 Å². The molecule has 23 heavy (non-hydrogen) atoms. The number of rotatable bonds is 6. The predicted octanol–water partition coefficient (Wildman–Crippen LogP) is 2.97. The Morgan fingerprint density at radius 3 is 2.61 bits per heavy atom. The van der Waals surface area contributed by atoms with Crippen molar-refractivity contribution in [2.24, 2.45) is 5.92 Å². The van der Waals surface area contributed by atoms with Crippen molar-refractivity contribution in [2.75, 3.05) is 13.7 Å². The molecule has 1 aliphatic rings. The zero-order valence-electron chi connectivity index (χ0n) is 14.1. The molecule has 0 heterocycles. The molecule has 2 unspecified atom stereocenters. The average Bonchev–Trinajstić information content (AvgIpc) is 2.54. The minimum atomic E-state index is -0.124. The number of hydrogen-bond acceptors (Lipinski definition) is 4. The van der Waals surface area contributed by atoms with Gasteiger partial charge in [-0.2, -0.15) is 0 Å². The lowest BCUT2D eigenvalue weighted by atomic mass is 9.86. The minimum Gasteiger partial charge on any atom is -0.493 e. The zero-order valence-corrected chi connectivity index (χ0v) is 14.1. The number of amides is 1. The number of ether oxygens (including phenoxy) is 2. The molecule has 1 saturated carbocycles. The maximum atomic E-state index is 12.1. The topological polar surface area (TPSA) is 64.6 Å². The van der Waals surface area contributed by atoms with Gasteiger partial charge in [0, 0.05) is 11.6 Å². The maximum Gasteiger partial charge on any atom is 0.258 e. The third-order valence-corrected chi connectivity index (χ3v) is 4.39. The lowest BCUT2D eigenvalue weighted by Gasteiger charge is -2.29. The first-order chi connectivity index (χ1) is 11.0. The van der Waals surface area contributed by atoms with E-state index in [0.29, 0.717) is 23.0 Å². The zero-order chi connectivity index (χ0) is 16.8. The van der Waals surface area contributed by atoms with Crippen molar-refractivity contribution < 1.29 is 19.1 Å². The van der Waals surface area contributed by atoms with Gasteiger partial charge in [0.2, 0.25) is 0 Å². The Morgan fingerprint density at radius 2 is 1.96 bits per heavy atom. The van der Waals surface area contributed by atoms with Crippen LogP contribution in [0.25, 0.3) is 0 Å². The smallest absolute Gasteiger partial charge is 0.258 e. The van der Waals surface area contributed by atoms with Gasteiger partial charge in [-0.05, 0) is 43.9 Å². The molecule has 1 amide bonds. The second-order valence-corrected chi connectivity index (χ2v) is 6.15. The van der Waals surface area contributed by atoms with Crippen molar-refractivity contribution in [2.45, 2.75) is 45.6 Å². The lowest BCUT2D eigenvalue weighted by Crippen LogP contribution is -2.43. The van der Waals surface area contributed by atoms with E-state index in [4.69, 9.17) is 9.47 Å². The summed E-state index contributed by atoms with van der Waals surface area (Å²) in [6.07, 6.45) is 4.59. The first-order valence-electron chi connectivity index (χ1n) is 8.12. The number of benzene rings is 1. The van der Waals surface area contributed by atoms with Crippen LogP contribution in [0.4, 0.5) is 0 Å². The number of hydrogen-bond donors (Lipinski definition) is 1. The van der Waals surface area contributed by atoms with Crippen molar-refractivity contribution in [3.05, 3.63) is 23.8 Å². The van der Waals surface area contributed by atoms with Gasteiger partial charge < -0.3 is 14.8 Å². The van der Waals surface area contributed by atoms with E-state index >= 15 is 0 Å². The van der Waals surface area contributed by atoms with Gasteiger partial charge in [0.15, 0.2) is 23.9 Å². The summed E-state index contributed by atoms with van der Waals surface area (Å²) in [4.78, 5) is 23.5. The average molecular weight is 319 g/mol. The Kier molecular flexibility index (Phi) is 6.02. The van der Waals surface area contributed by atoms with Gasteiger partial charge >= 0.3 is 0 Å². The van der Waals surface area contributed by atoms with Gasteiger partial charge in [-0.3, -0.25) is 9.59 Å². The molecule has 5 heteroatoms. The lowest BCUT2D eigenvalue weighted by molar-refractivity contribution is -0.124. The quantitative estimate of drug-likeness (QED) is 0.819. The maximum absolute atomic E-state index is 12.1. The van der Waals surface area contributed by atoms with E-state index in [2.05, 4.69) is 12.2 Å². The molecule has 2 atom stereocenters. The van der Waals surface area contributed by atoms with Crippen molar-refractivity contribution in [1.29, 1.82) is 0 Å². The van der Waals surface area contributed by atoms with E-state index < -0.39 is 0 Å². The molecular formula is C18H25NO4. The third kappa shape index (κ3) is 4.71. The normalized spacial score (nSPS) is 20.7.